The molecule has 0 spiro atoms. The van der Waals surface area contributed by atoms with Gasteiger partial charge in [-0.1, -0.05) is 50.7 Å². The zero-order valence-electron chi connectivity index (χ0n) is 17.4. The Morgan fingerprint density at radius 1 is 0.912 bits per heavy atom. The lowest BCUT2D eigenvalue weighted by atomic mass is 10.1. The molecule has 34 heavy (non-hydrogen) atoms. The van der Waals surface area contributed by atoms with E-state index in [4.69, 9.17) is 58.0 Å². The Kier molecular flexibility index (Phi) is 7.45. The normalized spacial score (nSPS) is 18.3. The Hall–Kier alpha value is -1.47. The average Bonchev–Trinajstić information content (AvgIpc) is 3.33. The molecule has 1 fully saturated rings. The van der Waals surface area contributed by atoms with Gasteiger partial charge in [-0.15, -0.1) is 23.2 Å². The van der Waals surface area contributed by atoms with Gasteiger partial charge in [-0.25, -0.2) is 0 Å². The predicted octanol–water partition coefficient (Wildman–Crippen LogP) is 8.50. The molecular weight excluding hydrogens is 605 g/mol. The molecule has 0 radical (unpaired) electrons. The fourth-order valence-electron chi connectivity index (χ4n) is 3.78. The predicted molar refractivity (Wildman–Crippen MR) is 144 cm³/mol. The van der Waals surface area contributed by atoms with E-state index in [1.807, 2.05) is 19.1 Å². The molecule has 0 saturated heterocycles. The summed E-state index contributed by atoms with van der Waals surface area (Å²) >= 11 is 34.7. The maximum Gasteiger partial charge on any atom is 0.257 e. The van der Waals surface area contributed by atoms with Crippen LogP contribution >= 0.6 is 73.9 Å². The molecule has 3 aromatic carbocycles. The van der Waals surface area contributed by atoms with Crippen LogP contribution in [-0.2, 0) is 4.79 Å². The SMILES string of the molecule is Cc1cc(Br)ccc1NC(=O)c1cc(NC(=O)[C@H]2[C@H](c3cc(Cl)cc(Cl)c3)C2(Cl)Cl)ccc1Cl. The monoisotopic (exact) mass is 618 g/mol. The number of halogens is 6. The number of benzene rings is 3. The first kappa shape index (κ1) is 25.6. The van der Waals surface area contributed by atoms with Gasteiger partial charge < -0.3 is 10.6 Å². The van der Waals surface area contributed by atoms with Crippen LogP contribution in [0.5, 0.6) is 0 Å². The van der Waals surface area contributed by atoms with E-state index in [0.29, 0.717) is 27.0 Å². The quantitative estimate of drug-likeness (QED) is 0.281. The fourth-order valence-corrected chi connectivity index (χ4v) is 5.83. The molecule has 0 unspecified atom stereocenters. The molecule has 0 heterocycles. The number of rotatable bonds is 5. The van der Waals surface area contributed by atoms with Gasteiger partial charge in [0.15, 0.2) is 0 Å². The van der Waals surface area contributed by atoms with E-state index in [9.17, 15) is 9.59 Å². The molecule has 1 aliphatic rings. The Morgan fingerprint density at radius 2 is 1.59 bits per heavy atom. The van der Waals surface area contributed by atoms with Crippen molar-refractivity contribution in [3.8, 4) is 0 Å². The van der Waals surface area contributed by atoms with Gasteiger partial charge in [-0.2, -0.15) is 0 Å². The van der Waals surface area contributed by atoms with Crippen molar-refractivity contribution < 1.29 is 9.59 Å². The Balaban J connectivity index is 1.52. The molecule has 0 aromatic heterocycles. The smallest absolute Gasteiger partial charge is 0.257 e. The molecular formula is C24H16BrCl5N2O2. The summed E-state index contributed by atoms with van der Waals surface area (Å²) in [5.74, 6) is -2.02. The second-order valence-electron chi connectivity index (χ2n) is 7.93. The molecule has 2 amide bonds. The van der Waals surface area contributed by atoms with E-state index in [1.165, 1.54) is 12.1 Å². The van der Waals surface area contributed by atoms with Crippen molar-refractivity contribution in [2.75, 3.05) is 10.6 Å². The summed E-state index contributed by atoms with van der Waals surface area (Å²) in [6.07, 6.45) is 0. The van der Waals surface area contributed by atoms with E-state index in [1.54, 1.807) is 30.3 Å². The van der Waals surface area contributed by atoms with Crippen LogP contribution in [-0.4, -0.2) is 16.1 Å². The summed E-state index contributed by atoms with van der Waals surface area (Å²) in [4.78, 5) is 25.9. The van der Waals surface area contributed by atoms with Gasteiger partial charge in [0, 0.05) is 31.8 Å². The van der Waals surface area contributed by atoms with Gasteiger partial charge >= 0.3 is 0 Å². The highest BCUT2D eigenvalue weighted by atomic mass is 79.9. The van der Waals surface area contributed by atoms with Gasteiger partial charge in [0.05, 0.1) is 16.5 Å². The highest BCUT2D eigenvalue weighted by Crippen LogP contribution is 2.65. The number of hydrogen-bond donors (Lipinski definition) is 2. The highest BCUT2D eigenvalue weighted by molar-refractivity contribution is 9.10. The van der Waals surface area contributed by atoms with Crippen molar-refractivity contribution in [2.24, 2.45) is 5.92 Å². The molecule has 3 aromatic rings. The van der Waals surface area contributed by atoms with Crippen molar-refractivity contribution in [3.05, 3.63) is 90.8 Å². The van der Waals surface area contributed by atoms with Gasteiger partial charge in [0.1, 0.15) is 4.33 Å². The second kappa shape index (κ2) is 9.88. The van der Waals surface area contributed by atoms with Crippen LogP contribution < -0.4 is 10.6 Å². The van der Waals surface area contributed by atoms with Gasteiger partial charge in [0.2, 0.25) is 5.91 Å². The number of anilines is 2. The number of carbonyl (C=O) groups is 2. The lowest BCUT2D eigenvalue weighted by Gasteiger charge is -2.12. The van der Waals surface area contributed by atoms with Gasteiger partial charge in [0.25, 0.3) is 5.91 Å². The number of carbonyl (C=O) groups excluding carboxylic acids is 2. The zero-order chi connectivity index (χ0) is 24.8. The summed E-state index contributed by atoms with van der Waals surface area (Å²) in [5, 5.41) is 6.70. The van der Waals surface area contributed by atoms with Crippen LogP contribution in [0.3, 0.4) is 0 Å². The van der Waals surface area contributed by atoms with Crippen molar-refractivity contribution >= 4 is 97.1 Å². The molecule has 10 heteroatoms. The summed E-state index contributed by atoms with van der Waals surface area (Å²) in [6.45, 7) is 1.88. The molecule has 2 atom stereocenters. The Bertz CT molecular complexity index is 1290. The molecule has 1 aliphatic carbocycles. The lowest BCUT2D eigenvalue weighted by molar-refractivity contribution is -0.117. The van der Waals surface area contributed by atoms with E-state index < -0.39 is 28.0 Å². The minimum absolute atomic E-state index is 0.207. The maximum absolute atomic E-state index is 13.0. The number of hydrogen-bond acceptors (Lipinski definition) is 2. The Labute approximate surface area is 230 Å². The minimum atomic E-state index is -1.32. The van der Waals surface area contributed by atoms with E-state index >= 15 is 0 Å². The Morgan fingerprint density at radius 3 is 2.24 bits per heavy atom. The average molecular weight is 622 g/mol. The summed E-state index contributed by atoms with van der Waals surface area (Å²) < 4.78 is -0.414. The first-order valence-electron chi connectivity index (χ1n) is 9.99. The van der Waals surface area contributed by atoms with Crippen molar-refractivity contribution in [1.82, 2.24) is 0 Å². The standard InChI is InChI=1S/C24H16BrCl5N2O2/c1-11-6-13(25)2-5-19(11)32-22(33)17-10-16(3-4-18(17)28)31-23(34)21-20(24(21,29)30)12-7-14(26)9-15(27)8-12/h2-10,20-21H,1H3,(H,31,34)(H,32,33)/t20-,21+/m0/s1. The third-order valence-corrected chi connectivity index (χ3v) is 7.69. The largest absolute Gasteiger partial charge is 0.326 e. The van der Waals surface area contributed by atoms with Crippen molar-refractivity contribution in [3.63, 3.8) is 0 Å². The van der Waals surface area contributed by atoms with Crippen molar-refractivity contribution in [2.45, 2.75) is 17.2 Å². The highest BCUT2D eigenvalue weighted by Gasteiger charge is 2.67. The third kappa shape index (κ3) is 5.35. The maximum atomic E-state index is 13.0. The van der Waals surface area contributed by atoms with Crippen LogP contribution in [0.25, 0.3) is 0 Å². The van der Waals surface area contributed by atoms with Crippen LogP contribution in [0.2, 0.25) is 15.1 Å². The minimum Gasteiger partial charge on any atom is -0.326 e. The molecule has 176 valence electrons. The molecule has 2 N–H and O–H groups in total. The first-order valence-corrected chi connectivity index (χ1v) is 12.7. The van der Waals surface area contributed by atoms with Crippen molar-refractivity contribution in [1.29, 1.82) is 0 Å². The number of amides is 2. The lowest BCUT2D eigenvalue weighted by Crippen LogP contribution is -2.18. The van der Waals surface area contributed by atoms with E-state index in [2.05, 4.69) is 26.6 Å². The van der Waals surface area contributed by atoms with Gasteiger partial charge in [-0.3, -0.25) is 9.59 Å². The van der Waals surface area contributed by atoms with E-state index in [0.717, 1.165) is 10.0 Å². The molecule has 4 nitrogen and oxygen atoms in total. The number of aryl methyl sites for hydroxylation is 1. The zero-order valence-corrected chi connectivity index (χ0v) is 22.8. The van der Waals surface area contributed by atoms with E-state index in [-0.39, 0.29) is 10.6 Å². The summed E-state index contributed by atoms with van der Waals surface area (Å²) in [5.41, 5.74) is 2.78. The second-order valence-corrected chi connectivity index (χ2v) is 11.6. The van der Waals surface area contributed by atoms with Crippen LogP contribution in [0.4, 0.5) is 11.4 Å². The number of nitrogens with one attached hydrogen (secondary N) is 2. The van der Waals surface area contributed by atoms with Gasteiger partial charge in [-0.05, 0) is 72.6 Å². The topological polar surface area (TPSA) is 58.2 Å². The first-order chi connectivity index (χ1) is 16.0. The third-order valence-electron chi connectivity index (χ3n) is 5.50. The van der Waals surface area contributed by atoms with Crippen LogP contribution in [0, 0.1) is 12.8 Å². The molecule has 0 aliphatic heterocycles. The molecule has 4 rings (SSSR count). The van der Waals surface area contributed by atoms with Crippen LogP contribution in [0.1, 0.15) is 27.4 Å². The molecule has 1 saturated carbocycles. The fraction of sp³-hybridized carbons (Fsp3) is 0.167. The number of alkyl halides is 2. The molecule has 0 bridgehead atoms. The summed E-state index contributed by atoms with van der Waals surface area (Å²) in [7, 11) is 0. The van der Waals surface area contributed by atoms with Crippen LogP contribution in [0.15, 0.2) is 59.1 Å². The summed E-state index contributed by atoms with van der Waals surface area (Å²) in [6, 6.07) is 15.1.